The predicted octanol–water partition coefficient (Wildman–Crippen LogP) is 1.87. The molecule has 1 rings (SSSR count). The molecule has 0 aliphatic rings. The van der Waals surface area contributed by atoms with Gasteiger partial charge in [-0.1, -0.05) is 19.9 Å². The number of nitrogens with one attached hydrogen (secondary N) is 1. The Morgan fingerprint density at radius 3 is 2.58 bits per heavy atom. The van der Waals surface area contributed by atoms with Crippen molar-refractivity contribution in [1.29, 1.82) is 0 Å². The van der Waals surface area contributed by atoms with Gasteiger partial charge in [-0.05, 0) is 31.4 Å². The molecule has 1 amide bonds. The van der Waals surface area contributed by atoms with E-state index in [0.717, 1.165) is 5.69 Å². The van der Waals surface area contributed by atoms with E-state index in [1.54, 1.807) is 25.1 Å². The number of rotatable bonds is 6. The van der Waals surface area contributed by atoms with E-state index < -0.39 is 11.9 Å². The highest BCUT2D eigenvalue weighted by Crippen LogP contribution is 2.11. The van der Waals surface area contributed by atoms with Crippen molar-refractivity contribution in [3.63, 3.8) is 0 Å². The maximum absolute atomic E-state index is 11.8. The first-order valence-electron chi connectivity index (χ1n) is 6.34. The highest BCUT2D eigenvalue weighted by Gasteiger charge is 2.20. The summed E-state index contributed by atoms with van der Waals surface area (Å²) in [6, 6.07) is 5.16. The summed E-state index contributed by atoms with van der Waals surface area (Å²) in [4.78, 5) is 27.0. The first kappa shape index (κ1) is 15.1. The minimum absolute atomic E-state index is 0.127. The van der Waals surface area contributed by atoms with Crippen molar-refractivity contribution < 1.29 is 14.7 Å². The van der Waals surface area contributed by atoms with E-state index in [1.807, 2.05) is 13.8 Å². The fourth-order valence-electron chi connectivity index (χ4n) is 1.82. The number of carbonyl (C=O) groups is 2. The highest BCUT2D eigenvalue weighted by atomic mass is 16.4. The lowest BCUT2D eigenvalue weighted by atomic mass is 9.97. The topological polar surface area (TPSA) is 79.3 Å². The lowest BCUT2D eigenvalue weighted by Gasteiger charge is -2.15. The Kier molecular flexibility index (Phi) is 5.48. The van der Waals surface area contributed by atoms with Crippen LogP contribution >= 0.6 is 0 Å². The normalized spacial score (nSPS) is 12.2. The van der Waals surface area contributed by atoms with Gasteiger partial charge in [-0.15, -0.1) is 0 Å². The molecule has 1 aromatic rings. The van der Waals surface area contributed by atoms with Gasteiger partial charge in [0.15, 0.2) is 0 Å². The van der Waals surface area contributed by atoms with Crippen LogP contribution in [0.4, 0.5) is 0 Å². The smallest absolute Gasteiger partial charge is 0.308 e. The molecule has 0 spiro atoms. The standard InChI is InChI=1S/C14H20N2O3/c1-9(2)7-11(14(18)19)8-15-13(17)12-6-4-5-10(3)16-12/h4-6,9,11H,7-8H2,1-3H3,(H,15,17)(H,18,19). The van der Waals surface area contributed by atoms with Crippen molar-refractivity contribution in [2.75, 3.05) is 6.54 Å². The first-order chi connectivity index (χ1) is 8.90. The van der Waals surface area contributed by atoms with Gasteiger partial charge in [-0.2, -0.15) is 0 Å². The maximum Gasteiger partial charge on any atom is 0.308 e. The van der Waals surface area contributed by atoms with Gasteiger partial charge in [-0.3, -0.25) is 9.59 Å². The van der Waals surface area contributed by atoms with Crippen LogP contribution in [0, 0.1) is 18.8 Å². The summed E-state index contributed by atoms with van der Waals surface area (Å²) in [5.74, 6) is -1.51. The molecule has 0 saturated heterocycles. The molecule has 5 heteroatoms. The molecule has 104 valence electrons. The Balaban J connectivity index is 2.59. The van der Waals surface area contributed by atoms with Gasteiger partial charge in [0.05, 0.1) is 5.92 Å². The largest absolute Gasteiger partial charge is 0.481 e. The van der Waals surface area contributed by atoms with E-state index in [2.05, 4.69) is 10.3 Å². The van der Waals surface area contributed by atoms with Crippen LogP contribution in [0.15, 0.2) is 18.2 Å². The number of carboxylic acids is 1. The molecule has 0 fully saturated rings. The molecule has 1 heterocycles. The zero-order chi connectivity index (χ0) is 14.4. The van der Waals surface area contributed by atoms with Crippen molar-refractivity contribution >= 4 is 11.9 Å². The van der Waals surface area contributed by atoms with E-state index >= 15 is 0 Å². The Bertz CT molecular complexity index is 458. The van der Waals surface area contributed by atoms with E-state index in [1.165, 1.54) is 0 Å². The molecular formula is C14H20N2O3. The summed E-state index contributed by atoms with van der Waals surface area (Å²) >= 11 is 0. The van der Waals surface area contributed by atoms with Gasteiger partial charge >= 0.3 is 5.97 Å². The molecule has 0 saturated carbocycles. The molecule has 2 N–H and O–H groups in total. The number of aryl methyl sites for hydroxylation is 1. The van der Waals surface area contributed by atoms with Gasteiger partial charge < -0.3 is 10.4 Å². The fourth-order valence-corrected chi connectivity index (χ4v) is 1.82. The van der Waals surface area contributed by atoms with Crippen molar-refractivity contribution in [1.82, 2.24) is 10.3 Å². The van der Waals surface area contributed by atoms with Gasteiger partial charge in [0.2, 0.25) is 0 Å². The fraction of sp³-hybridized carbons (Fsp3) is 0.500. The quantitative estimate of drug-likeness (QED) is 0.822. The molecule has 19 heavy (non-hydrogen) atoms. The highest BCUT2D eigenvalue weighted by molar-refractivity contribution is 5.92. The number of carbonyl (C=O) groups excluding carboxylic acids is 1. The molecule has 0 aromatic carbocycles. The number of hydrogen-bond acceptors (Lipinski definition) is 3. The van der Waals surface area contributed by atoms with Crippen LogP contribution in [0.25, 0.3) is 0 Å². The molecule has 0 aliphatic carbocycles. The Morgan fingerprint density at radius 2 is 2.05 bits per heavy atom. The Morgan fingerprint density at radius 1 is 1.37 bits per heavy atom. The summed E-state index contributed by atoms with van der Waals surface area (Å²) in [5, 5.41) is 11.7. The number of hydrogen-bond donors (Lipinski definition) is 2. The van der Waals surface area contributed by atoms with E-state index in [0.29, 0.717) is 12.1 Å². The first-order valence-corrected chi connectivity index (χ1v) is 6.34. The van der Waals surface area contributed by atoms with Crippen LogP contribution in [0.2, 0.25) is 0 Å². The summed E-state index contributed by atoms with van der Waals surface area (Å²) in [5.41, 5.74) is 1.07. The SMILES string of the molecule is Cc1cccc(C(=O)NCC(CC(C)C)C(=O)O)n1. The van der Waals surface area contributed by atoms with Crippen LogP contribution in [-0.2, 0) is 4.79 Å². The third kappa shape index (κ3) is 5.07. The molecule has 5 nitrogen and oxygen atoms in total. The van der Waals surface area contributed by atoms with Crippen molar-refractivity contribution in [3.05, 3.63) is 29.6 Å². The lowest BCUT2D eigenvalue weighted by Crippen LogP contribution is -2.34. The molecule has 0 radical (unpaired) electrons. The number of aliphatic carboxylic acids is 1. The van der Waals surface area contributed by atoms with Crippen molar-refractivity contribution in [3.8, 4) is 0 Å². The van der Waals surface area contributed by atoms with Gasteiger partial charge in [-0.25, -0.2) is 4.98 Å². The average Bonchev–Trinajstić information content (AvgIpc) is 2.33. The van der Waals surface area contributed by atoms with Gasteiger partial charge in [0.25, 0.3) is 5.91 Å². The predicted molar refractivity (Wildman–Crippen MR) is 71.9 cm³/mol. The number of pyridine rings is 1. The molecule has 1 aromatic heterocycles. The van der Waals surface area contributed by atoms with Gasteiger partial charge in [0.1, 0.15) is 5.69 Å². The number of carboxylic acid groups (broad SMARTS) is 1. The third-order valence-corrected chi connectivity index (χ3v) is 2.74. The monoisotopic (exact) mass is 264 g/mol. The van der Waals surface area contributed by atoms with E-state index in [9.17, 15) is 9.59 Å². The number of nitrogens with zero attached hydrogens (tertiary/aromatic N) is 1. The number of amides is 1. The van der Waals surface area contributed by atoms with Crippen molar-refractivity contribution in [2.24, 2.45) is 11.8 Å². The molecule has 1 unspecified atom stereocenters. The minimum Gasteiger partial charge on any atom is -0.481 e. The number of aromatic nitrogens is 1. The average molecular weight is 264 g/mol. The second-order valence-corrected chi connectivity index (χ2v) is 5.04. The van der Waals surface area contributed by atoms with E-state index in [-0.39, 0.29) is 18.4 Å². The summed E-state index contributed by atoms with van der Waals surface area (Å²) in [6.07, 6.45) is 0.539. The van der Waals surface area contributed by atoms with Gasteiger partial charge in [0, 0.05) is 12.2 Å². The van der Waals surface area contributed by atoms with Crippen LogP contribution in [-0.4, -0.2) is 28.5 Å². The van der Waals surface area contributed by atoms with Crippen LogP contribution in [0.5, 0.6) is 0 Å². The summed E-state index contributed by atoms with van der Waals surface area (Å²) < 4.78 is 0. The minimum atomic E-state index is -0.883. The summed E-state index contributed by atoms with van der Waals surface area (Å²) in [6.45, 7) is 5.84. The maximum atomic E-state index is 11.8. The van der Waals surface area contributed by atoms with Crippen molar-refractivity contribution in [2.45, 2.75) is 27.2 Å². The van der Waals surface area contributed by atoms with Crippen LogP contribution in [0.1, 0.15) is 36.5 Å². The Labute approximate surface area is 113 Å². The molecular weight excluding hydrogens is 244 g/mol. The zero-order valence-corrected chi connectivity index (χ0v) is 11.5. The van der Waals surface area contributed by atoms with Crippen LogP contribution in [0.3, 0.4) is 0 Å². The molecule has 0 bridgehead atoms. The second kappa shape index (κ2) is 6.87. The Hall–Kier alpha value is -1.91. The summed E-state index contributed by atoms with van der Waals surface area (Å²) in [7, 11) is 0. The molecule has 1 atom stereocenters. The second-order valence-electron chi connectivity index (χ2n) is 5.04. The van der Waals surface area contributed by atoms with Crippen LogP contribution < -0.4 is 5.32 Å². The van der Waals surface area contributed by atoms with E-state index in [4.69, 9.17) is 5.11 Å². The molecule has 0 aliphatic heterocycles. The third-order valence-electron chi connectivity index (χ3n) is 2.74. The zero-order valence-electron chi connectivity index (χ0n) is 11.5. The lowest BCUT2D eigenvalue weighted by molar-refractivity contribution is -0.142.